The molecule has 0 unspecified atom stereocenters. The van der Waals surface area contributed by atoms with Gasteiger partial charge in [-0.05, 0) is 24.3 Å². The second-order valence-electron chi connectivity index (χ2n) is 4.56. The molecule has 3 aromatic rings. The van der Waals surface area contributed by atoms with E-state index in [0.29, 0.717) is 28.2 Å². The molecular formula is C16H10O5. The summed E-state index contributed by atoms with van der Waals surface area (Å²) < 4.78 is 21.4. The first-order valence-electron chi connectivity index (χ1n) is 6.40. The van der Waals surface area contributed by atoms with Gasteiger partial charge in [0.05, 0.1) is 0 Å². The standard InChI is InChI=1S/C16H10O5/c17-16-15(20-11-4-2-1-3-5-11)7-10-6-13-14(19-9-18-13)8-12(10)21-16/h1-8H,9H2. The van der Waals surface area contributed by atoms with Gasteiger partial charge in [0.25, 0.3) is 0 Å². The Labute approximate surface area is 119 Å². The summed E-state index contributed by atoms with van der Waals surface area (Å²) in [6.07, 6.45) is 0. The van der Waals surface area contributed by atoms with Crippen molar-refractivity contribution in [3.8, 4) is 23.0 Å². The van der Waals surface area contributed by atoms with Gasteiger partial charge in [-0.15, -0.1) is 0 Å². The Morgan fingerprint density at radius 2 is 1.71 bits per heavy atom. The Balaban J connectivity index is 1.81. The molecule has 5 heteroatoms. The van der Waals surface area contributed by atoms with Crippen molar-refractivity contribution in [1.82, 2.24) is 0 Å². The third kappa shape index (κ3) is 2.08. The van der Waals surface area contributed by atoms with Gasteiger partial charge >= 0.3 is 5.63 Å². The predicted molar refractivity (Wildman–Crippen MR) is 75.1 cm³/mol. The van der Waals surface area contributed by atoms with E-state index in [1.54, 1.807) is 30.3 Å². The average Bonchev–Trinajstić information content (AvgIpc) is 2.94. The number of para-hydroxylation sites is 1. The lowest BCUT2D eigenvalue weighted by atomic mass is 10.2. The Hall–Kier alpha value is -2.95. The van der Waals surface area contributed by atoms with Crippen LogP contribution in [0.5, 0.6) is 23.0 Å². The van der Waals surface area contributed by atoms with Crippen LogP contribution in [0, 0.1) is 0 Å². The molecule has 4 rings (SSSR count). The first-order valence-corrected chi connectivity index (χ1v) is 6.40. The van der Waals surface area contributed by atoms with Gasteiger partial charge in [-0.25, -0.2) is 4.79 Å². The lowest BCUT2D eigenvalue weighted by Crippen LogP contribution is -2.02. The molecule has 21 heavy (non-hydrogen) atoms. The number of rotatable bonds is 2. The molecule has 1 aromatic heterocycles. The minimum Gasteiger partial charge on any atom is -0.454 e. The predicted octanol–water partition coefficient (Wildman–Crippen LogP) is 3.31. The van der Waals surface area contributed by atoms with E-state index in [2.05, 4.69) is 0 Å². The fourth-order valence-electron chi connectivity index (χ4n) is 2.18. The molecule has 0 fully saturated rings. The van der Waals surface area contributed by atoms with E-state index in [0.717, 1.165) is 0 Å². The van der Waals surface area contributed by atoms with Crippen LogP contribution in [0.25, 0.3) is 11.0 Å². The zero-order valence-corrected chi connectivity index (χ0v) is 10.9. The highest BCUT2D eigenvalue weighted by molar-refractivity contribution is 5.82. The van der Waals surface area contributed by atoms with Crippen molar-refractivity contribution in [2.75, 3.05) is 6.79 Å². The van der Waals surface area contributed by atoms with Crippen molar-refractivity contribution in [2.45, 2.75) is 0 Å². The maximum absolute atomic E-state index is 12.0. The minimum atomic E-state index is -0.537. The highest BCUT2D eigenvalue weighted by atomic mass is 16.7. The fraction of sp³-hybridized carbons (Fsp3) is 0.0625. The van der Waals surface area contributed by atoms with E-state index >= 15 is 0 Å². The van der Waals surface area contributed by atoms with Crippen molar-refractivity contribution in [1.29, 1.82) is 0 Å². The second kappa shape index (κ2) is 4.56. The molecular weight excluding hydrogens is 272 g/mol. The molecule has 2 heterocycles. The minimum absolute atomic E-state index is 0.132. The SMILES string of the molecule is O=c1oc2cc3c(cc2cc1Oc1ccccc1)OCO3. The van der Waals surface area contributed by atoms with Crippen molar-refractivity contribution in [3.05, 3.63) is 59.0 Å². The molecule has 0 saturated heterocycles. The zero-order chi connectivity index (χ0) is 14.2. The highest BCUT2D eigenvalue weighted by Crippen LogP contribution is 2.36. The van der Waals surface area contributed by atoms with Crippen LogP contribution < -0.4 is 19.8 Å². The quantitative estimate of drug-likeness (QED) is 0.675. The Bertz CT molecular complexity index is 867. The van der Waals surface area contributed by atoms with E-state index in [-0.39, 0.29) is 12.5 Å². The van der Waals surface area contributed by atoms with Crippen LogP contribution >= 0.6 is 0 Å². The first kappa shape index (κ1) is 11.8. The Kier molecular flexibility index (Phi) is 2.57. The van der Waals surface area contributed by atoms with Crippen molar-refractivity contribution >= 4 is 11.0 Å². The molecule has 0 amide bonds. The van der Waals surface area contributed by atoms with Crippen LogP contribution in [0.15, 0.2) is 57.7 Å². The van der Waals surface area contributed by atoms with Gasteiger partial charge in [0.2, 0.25) is 12.5 Å². The van der Waals surface area contributed by atoms with Crippen molar-refractivity contribution in [2.24, 2.45) is 0 Å². The van der Waals surface area contributed by atoms with E-state index in [1.807, 2.05) is 18.2 Å². The largest absolute Gasteiger partial charge is 0.454 e. The molecule has 104 valence electrons. The molecule has 0 saturated carbocycles. The zero-order valence-electron chi connectivity index (χ0n) is 10.9. The summed E-state index contributed by atoms with van der Waals surface area (Å²) in [5, 5.41) is 0.713. The van der Waals surface area contributed by atoms with Crippen LogP contribution in [-0.4, -0.2) is 6.79 Å². The highest BCUT2D eigenvalue weighted by Gasteiger charge is 2.17. The molecule has 0 atom stereocenters. The van der Waals surface area contributed by atoms with Gasteiger partial charge in [0.15, 0.2) is 11.5 Å². The maximum atomic E-state index is 12.0. The van der Waals surface area contributed by atoms with Gasteiger partial charge < -0.3 is 18.6 Å². The molecule has 1 aliphatic heterocycles. The van der Waals surface area contributed by atoms with Crippen LogP contribution in [-0.2, 0) is 0 Å². The fourth-order valence-corrected chi connectivity index (χ4v) is 2.18. The monoisotopic (exact) mass is 282 g/mol. The number of hydrogen-bond acceptors (Lipinski definition) is 5. The lowest BCUT2D eigenvalue weighted by molar-refractivity contribution is 0.174. The van der Waals surface area contributed by atoms with E-state index in [4.69, 9.17) is 18.6 Å². The summed E-state index contributed by atoms with van der Waals surface area (Å²) in [7, 11) is 0. The van der Waals surface area contributed by atoms with E-state index < -0.39 is 5.63 Å². The molecule has 5 nitrogen and oxygen atoms in total. The number of benzene rings is 2. The van der Waals surface area contributed by atoms with Crippen molar-refractivity contribution < 1.29 is 18.6 Å². The number of hydrogen-bond donors (Lipinski definition) is 0. The summed E-state index contributed by atoms with van der Waals surface area (Å²) >= 11 is 0. The molecule has 0 radical (unpaired) electrons. The van der Waals surface area contributed by atoms with Crippen LogP contribution in [0.2, 0.25) is 0 Å². The summed E-state index contributed by atoms with van der Waals surface area (Å²) in [4.78, 5) is 12.0. The van der Waals surface area contributed by atoms with Gasteiger partial charge in [-0.3, -0.25) is 0 Å². The summed E-state index contributed by atoms with van der Waals surface area (Å²) in [5.74, 6) is 1.90. The first-order chi connectivity index (χ1) is 10.3. The average molecular weight is 282 g/mol. The maximum Gasteiger partial charge on any atom is 0.379 e. The normalized spacial score (nSPS) is 12.6. The number of fused-ring (bicyclic) bond motifs is 2. The summed E-state index contributed by atoms with van der Waals surface area (Å²) in [6.45, 7) is 0.170. The Morgan fingerprint density at radius 1 is 0.952 bits per heavy atom. The van der Waals surface area contributed by atoms with Crippen LogP contribution in [0.1, 0.15) is 0 Å². The summed E-state index contributed by atoms with van der Waals surface area (Å²) in [6, 6.07) is 14.1. The second-order valence-corrected chi connectivity index (χ2v) is 4.56. The summed E-state index contributed by atoms with van der Waals surface area (Å²) in [5.41, 5.74) is -0.102. The van der Waals surface area contributed by atoms with E-state index in [1.165, 1.54) is 0 Å². The molecule has 1 aliphatic rings. The lowest BCUT2D eigenvalue weighted by Gasteiger charge is -2.05. The van der Waals surface area contributed by atoms with Gasteiger partial charge in [-0.1, -0.05) is 18.2 Å². The molecule has 0 spiro atoms. The third-order valence-electron chi connectivity index (χ3n) is 3.17. The topological polar surface area (TPSA) is 57.9 Å². The van der Waals surface area contributed by atoms with Crippen molar-refractivity contribution in [3.63, 3.8) is 0 Å². The molecule has 0 aliphatic carbocycles. The van der Waals surface area contributed by atoms with Gasteiger partial charge in [0.1, 0.15) is 11.3 Å². The molecule has 2 aromatic carbocycles. The van der Waals surface area contributed by atoms with Crippen LogP contribution in [0.3, 0.4) is 0 Å². The third-order valence-corrected chi connectivity index (χ3v) is 3.17. The Morgan fingerprint density at radius 3 is 2.52 bits per heavy atom. The van der Waals surface area contributed by atoms with Crippen LogP contribution in [0.4, 0.5) is 0 Å². The van der Waals surface area contributed by atoms with Gasteiger partial charge in [0, 0.05) is 11.5 Å². The molecule has 0 bridgehead atoms. The smallest absolute Gasteiger partial charge is 0.379 e. The van der Waals surface area contributed by atoms with Gasteiger partial charge in [-0.2, -0.15) is 0 Å². The molecule has 0 N–H and O–H groups in total. The number of ether oxygens (including phenoxy) is 3. The van der Waals surface area contributed by atoms with E-state index in [9.17, 15) is 4.79 Å².